The molecule has 0 aromatic rings. The molecule has 2 nitrogen and oxygen atoms in total. The zero-order chi connectivity index (χ0) is 14.6. The van der Waals surface area contributed by atoms with Crippen LogP contribution in [-0.4, -0.2) is 11.1 Å². The lowest BCUT2D eigenvalue weighted by Gasteiger charge is -2.15. The standard InChI is InChI=1S/C18H30O2/c1-2-3-4-5-7-11-16-13-10-14-17(16)12-8-6-9-15-18(19)20/h7,10-11,14,16-17H,2-6,8-9,12-13,15H2,1H3,(H,19,20). The second-order valence-electron chi connectivity index (χ2n) is 5.91. The van der Waals surface area contributed by atoms with Gasteiger partial charge in [-0.25, -0.2) is 0 Å². The topological polar surface area (TPSA) is 37.3 Å². The summed E-state index contributed by atoms with van der Waals surface area (Å²) in [4.78, 5) is 10.4. The zero-order valence-corrected chi connectivity index (χ0v) is 12.9. The summed E-state index contributed by atoms with van der Waals surface area (Å²) in [5, 5.41) is 8.60. The van der Waals surface area contributed by atoms with Gasteiger partial charge in [-0.3, -0.25) is 4.79 Å². The lowest BCUT2D eigenvalue weighted by Crippen LogP contribution is -2.05. The Hall–Kier alpha value is -1.05. The molecule has 0 saturated heterocycles. The Morgan fingerprint density at radius 1 is 1.25 bits per heavy atom. The van der Waals surface area contributed by atoms with E-state index in [1.807, 2.05) is 0 Å². The Morgan fingerprint density at radius 2 is 2.10 bits per heavy atom. The average Bonchev–Trinajstić information content (AvgIpc) is 2.85. The number of hydrogen-bond donors (Lipinski definition) is 1. The van der Waals surface area contributed by atoms with Gasteiger partial charge in [-0.2, -0.15) is 0 Å². The number of carbonyl (C=O) groups is 1. The van der Waals surface area contributed by atoms with E-state index >= 15 is 0 Å². The molecule has 0 aromatic carbocycles. The summed E-state index contributed by atoms with van der Waals surface area (Å²) >= 11 is 0. The molecule has 0 bridgehead atoms. The Morgan fingerprint density at radius 3 is 2.85 bits per heavy atom. The van der Waals surface area contributed by atoms with Crippen LogP contribution in [0.4, 0.5) is 0 Å². The van der Waals surface area contributed by atoms with Crippen LogP contribution in [0.1, 0.15) is 71.1 Å². The number of carboxylic acids is 1. The highest BCUT2D eigenvalue weighted by Crippen LogP contribution is 2.31. The first-order chi connectivity index (χ1) is 9.74. The molecule has 20 heavy (non-hydrogen) atoms. The lowest BCUT2D eigenvalue weighted by atomic mass is 9.90. The third-order valence-corrected chi connectivity index (χ3v) is 4.13. The van der Waals surface area contributed by atoms with Crippen molar-refractivity contribution in [1.29, 1.82) is 0 Å². The Kier molecular flexibility index (Phi) is 9.10. The number of hydrogen-bond acceptors (Lipinski definition) is 1. The molecule has 0 heterocycles. The molecule has 0 aromatic heterocycles. The van der Waals surface area contributed by atoms with E-state index in [2.05, 4.69) is 31.2 Å². The lowest BCUT2D eigenvalue weighted by molar-refractivity contribution is -0.137. The van der Waals surface area contributed by atoms with Crippen molar-refractivity contribution in [2.75, 3.05) is 0 Å². The third-order valence-electron chi connectivity index (χ3n) is 4.13. The minimum absolute atomic E-state index is 0.321. The van der Waals surface area contributed by atoms with Gasteiger partial charge >= 0.3 is 5.97 Å². The van der Waals surface area contributed by atoms with Crippen molar-refractivity contribution in [3.05, 3.63) is 24.3 Å². The fraction of sp³-hybridized carbons (Fsp3) is 0.722. The molecule has 1 aliphatic carbocycles. The van der Waals surface area contributed by atoms with E-state index < -0.39 is 5.97 Å². The molecule has 0 saturated carbocycles. The summed E-state index contributed by atoms with van der Waals surface area (Å²) in [6.45, 7) is 2.24. The van der Waals surface area contributed by atoms with Gasteiger partial charge in [0.15, 0.2) is 0 Å². The second kappa shape index (κ2) is 10.7. The molecule has 2 atom stereocenters. The van der Waals surface area contributed by atoms with Crippen molar-refractivity contribution < 1.29 is 9.90 Å². The van der Waals surface area contributed by atoms with E-state index in [0.717, 1.165) is 19.3 Å². The predicted molar refractivity (Wildman–Crippen MR) is 84.7 cm³/mol. The molecule has 0 spiro atoms. The molecule has 1 aliphatic rings. The third kappa shape index (κ3) is 7.52. The van der Waals surface area contributed by atoms with Crippen LogP contribution >= 0.6 is 0 Å². The van der Waals surface area contributed by atoms with Gasteiger partial charge in [0.25, 0.3) is 0 Å². The van der Waals surface area contributed by atoms with Crippen LogP contribution in [-0.2, 0) is 4.79 Å². The number of aliphatic carboxylic acids is 1. The van der Waals surface area contributed by atoms with Crippen molar-refractivity contribution in [2.45, 2.75) is 71.1 Å². The minimum atomic E-state index is -0.668. The molecular weight excluding hydrogens is 248 g/mol. The highest BCUT2D eigenvalue weighted by Gasteiger charge is 2.19. The molecule has 0 fully saturated rings. The fourth-order valence-electron chi connectivity index (χ4n) is 2.88. The maximum Gasteiger partial charge on any atom is 0.303 e. The molecular formula is C18H30O2. The van der Waals surface area contributed by atoms with Gasteiger partial charge < -0.3 is 5.11 Å². The molecule has 2 unspecified atom stereocenters. The van der Waals surface area contributed by atoms with Gasteiger partial charge in [0.1, 0.15) is 0 Å². The second-order valence-corrected chi connectivity index (χ2v) is 5.91. The van der Waals surface area contributed by atoms with Gasteiger partial charge in [-0.15, -0.1) is 0 Å². The van der Waals surface area contributed by atoms with Crippen molar-refractivity contribution in [3.8, 4) is 0 Å². The quantitative estimate of drug-likeness (QED) is 0.408. The monoisotopic (exact) mass is 278 g/mol. The maximum atomic E-state index is 10.4. The fourth-order valence-corrected chi connectivity index (χ4v) is 2.88. The van der Waals surface area contributed by atoms with Crippen LogP contribution in [0, 0.1) is 11.8 Å². The summed E-state index contributed by atoms with van der Waals surface area (Å²) in [7, 11) is 0. The normalized spacial score (nSPS) is 21.9. The number of rotatable bonds is 11. The first kappa shape index (κ1) is 17.0. The zero-order valence-electron chi connectivity index (χ0n) is 12.9. The maximum absolute atomic E-state index is 10.4. The van der Waals surface area contributed by atoms with Gasteiger partial charge in [0.2, 0.25) is 0 Å². The van der Waals surface area contributed by atoms with Crippen LogP contribution in [0.15, 0.2) is 24.3 Å². The van der Waals surface area contributed by atoms with E-state index in [1.165, 1.54) is 38.5 Å². The van der Waals surface area contributed by atoms with Crippen molar-refractivity contribution in [1.82, 2.24) is 0 Å². The number of allylic oxidation sites excluding steroid dienone is 4. The van der Waals surface area contributed by atoms with Gasteiger partial charge in [0.05, 0.1) is 0 Å². The number of unbranched alkanes of at least 4 members (excludes halogenated alkanes) is 5. The summed E-state index contributed by atoms with van der Waals surface area (Å²) in [5.74, 6) is 0.706. The van der Waals surface area contributed by atoms with Crippen LogP contribution in [0.2, 0.25) is 0 Å². The summed E-state index contributed by atoms with van der Waals surface area (Å²) in [6.07, 6.45) is 20.3. The SMILES string of the molecule is CCCCCC=CC1CC=CC1CCCCCC(=O)O. The highest BCUT2D eigenvalue weighted by molar-refractivity contribution is 5.66. The first-order valence-corrected chi connectivity index (χ1v) is 8.29. The molecule has 0 aliphatic heterocycles. The highest BCUT2D eigenvalue weighted by atomic mass is 16.4. The molecule has 2 heteroatoms. The van der Waals surface area contributed by atoms with Gasteiger partial charge in [0, 0.05) is 6.42 Å². The van der Waals surface area contributed by atoms with Crippen molar-refractivity contribution in [3.63, 3.8) is 0 Å². The van der Waals surface area contributed by atoms with E-state index in [0.29, 0.717) is 18.3 Å². The molecule has 0 radical (unpaired) electrons. The first-order valence-electron chi connectivity index (χ1n) is 8.29. The summed E-state index contributed by atoms with van der Waals surface area (Å²) in [6, 6.07) is 0. The average molecular weight is 278 g/mol. The van der Waals surface area contributed by atoms with Crippen LogP contribution < -0.4 is 0 Å². The largest absolute Gasteiger partial charge is 0.481 e. The Labute approximate surface area is 124 Å². The molecule has 1 rings (SSSR count). The smallest absolute Gasteiger partial charge is 0.303 e. The summed E-state index contributed by atoms with van der Waals surface area (Å²) < 4.78 is 0. The van der Waals surface area contributed by atoms with E-state index in [4.69, 9.17) is 5.11 Å². The summed E-state index contributed by atoms with van der Waals surface area (Å²) in [5.41, 5.74) is 0. The Balaban J connectivity index is 2.13. The number of carboxylic acid groups (broad SMARTS) is 1. The van der Waals surface area contributed by atoms with E-state index in [1.54, 1.807) is 0 Å². The van der Waals surface area contributed by atoms with Crippen molar-refractivity contribution >= 4 is 5.97 Å². The Bertz CT molecular complexity index is 317. The van der Waals surface area contributed by atoms with E-state index in [9.17, 15) is 4.79 Å². The van der Waals surface area contributed by atoms with Crippen LogP contribution in [0.25, 0.3) is 0 Å². The van der Waals surface area contributed by atoms with Crippen LogP contribution in [0.3, 0.4) is 0 Å². The van der Waals surface area contributed by atoms with Crippen molar-refractivity contribution in [2.24, 2.45) is 11.8 Å². The molecule has 1 N–H and O–H groups in total. The van der Waals surface area contributed by atoms with Gasteiger partial charge in [-0.05, 0) is 43.9 Å². The molecule has 114 valence electrons. The van der Waals surface area contributed by atoms with Gasteiger partial charge in [-0.1, -0.05) is 56.9 Å². The minimum Gasteiger partial charge on any atom is -0.481 e. The van der Waals surface area contributed by atoms with Crippen LogP contribution in [0.5, 0.6) is 0 Å². The van der Waals surface area contributed by atoms with E-state index in [-0.39, 0.29) is 0 Å². The molecule has 0 amide bonds. The predicted octanol–water partition coefficient (Wildman–Crippen LogP) is 5.35.